The van der Waals surface area contributed by atoms with Crippen molar-refractivity contribution in [1.82, 2.24) is 19.8 Å². The van der Waals surface area contributed by atoms with Gasteiger partial charge in [-0.1, -0.05) is 19.3 Å². The molecular formula is C19H33N5. The number of hydrogen-bond donors (Lipinski definition) is 1. The minimum Gasteiger partial charge on any atom is -0.356 e. The van der Waals surface area contributed by atoms with Crippen molar-refractivity contribution in [2.45, 2.75) is 64.8 Å². The molecule has 1 aliphatic heterocycles. The lowest BCUT2D eigenvalue weighted by molar-refractivity contribution is 0.203. The van der Waals surface area contributed by atoms with Crippen LogP contribution < -0.4 is 5.32 Å². The number of nitrogens with one attached hydrogen (secondary N) is 1. The van der Waals surface area contributed by atoms with Crippen molar-refractivity contribution < 1.29 is 0 Å². The molecule has 1 aliphatic carbocycles. The molecule has 0 amide bonds. The van der Waals surface area contributed by atoms with Crippen LogP contribution >= 0.6 is 0 Å². The first-order valence-electron chi connectivity index (χ1n) is 9.66. The van der Waals surface area contributed by atoms with Gasteiger partial charge in [-0.25, -0.2) is 4.98 Å². The Labute approximate surface area is 146 Å². The number of unbranched alkanes of at least 4 members (excludes halogenated alkanes) is 1. The largest absolute Gasteiger partial charge is 0.356 e. The standard InChI is InChI=1S/C19H33N5/c1-17-21-12-15-23(17)13-7-6-11-22-18(20-2)24-14-10-19(16-24)8-4-3-5-9-19/h12,15H,3-11,13-14,16H2,1-2H3,(H,20,22). The number of hydrogen-bond acceptors (Lipinski definition) is 2. The fraction of sp³-hybridized carbons (Fsp3) is 0.789. The minimum absolute atomic E-state index is 0.592. The summed E-state index contributed by atoms with van der Waals surface area (Å²) in [5.41, 5.74) is 0.592. The zero-order chi connectivity index (χ0) is 16.8. The van der Waals surface area contributed by atoms with Gasteiger partial charge in [0.25, 0.3) is 0 Å². The van der Waals surface area contributed by atoms with Crippen LogP contribution in [0.4, 0.5) is 0 Å². The first kappa shape index (κ1) is 17.3. The molecule has 1 aromatic rings. The van der Waals surface area contributed by atoms with Gasteiger partial charge < -0.3 is 14.8 Å². The number of imidazole rings is 1. The minimum atomic E-state index is 0.592. The van der Waals surface area contributed by atoms with E-state index in [1.54, 1.807) is 0 Å². The highest BCUT2D eigenvalue weighted by Crippen LogP contribution is 2.43. The van der Waals surface area contributed by atoms with E-state index in [4.69, 9.17) is 0 Å². The molecule has 24 heavy (non-hydrogen) atoms. The Morgan fingerprint density at radius 1 is 1.25 bits per heavy atom. The summed E-state index contributed by atoms with van der Waals surface area (Å²) in [6.45, 7) is 6.51. The maximum absolute atomic E-state index is 4.53. The summed E-state index contributed by atoms with van der Waals surface area (Å²) in [5.74, 6) is 2.21. The maximum atomic E-state index is 4.53. The predicted molar refractivity (Wildman–Crippen MR) is 99.3 cm³/mol. The van der Waals surface area contributed by atoms with Crippen LogP contribution in [0.2, 0.25) is 0 Å². The highest BCUT2D eigenvalue weighted by atomic mass is 15.3. The molecule has 0 aromatic carbocycles. The van der Waals surface area contributed by atoms with E-state index < -0.39 is 0 Å². The van der Waals surface area contributed by atoms with Crippen molar-refractivity contribution in [3.05, 3.63) is 18.2 Å². The van der Waals surface area contributed by atoms with Gasteiger partial charge in [-0.2, -0.15) is 0 Å². The SMILES string of the molecule is CN=C(NCCCCn1ccnc1C)N1CCC2(CCCCC2)C1. The zero-order valence-electron chi connectivity index (χ0n) is 15.4. The molecule has 0 bridgehead atoms. The van der Waals surface area contributed by atoms with E-state index in [1.165, 1.54) is 58.0 Å². The van der Waals surface area contributed by atoms with Gasteiger partial charge in [-0.3, -0.25) is 4.99 Å². The molecule has 1 saturated heterocycles. The molecule has 1 spiro atoms. The number of nitrogens with zero attached hydrogens (tertiary/aromatic N) is 4. The molecule has 1 N–H and O–H groups in total. The average Bonchev–Trinajstić information content (AvgIpc) is 3.19. The lowest BCUT2D eigenvalue weighted by Crippen LogP contribution is -2.42. The molecule has 0 atom stereocenters. The second kappa shape index (κ2) is 8.04. The smallest absolute Gasteiger partial charge is 0.193 e. The molecule has 5 nitrogen and oxygen atoms in total. The number of guanidine groups is 1. The molecule has 134 valence electrons. The highest BCUT2D eigenvalue weighted by molar-refractivity contribution is 5.80. The third kappa shape index (κ3) is 4.11. The topological polar surface area (TPSA) is 45.5 Å². The number of aryl methyl sites for hydroxylation is 2. The monoisotopic (exact) mass is 331 g/mol. The molecule has 3 rings (SSSR count). The molecule has 2 aliphatic rings. The van der Waals surface area contributed by atoms with Crippen LogP contribution in [-0.4, -0.2) is 47.1 Å². The summed E-state index contributed by atoms with van der Waals surface area (Å²) < 4.78 is 2.22. The number of aromatic nitrogens is 2. The Morgan fingerprint density at radius 2 is 2.08 bits per heavy atom. The maximum Gasteiger partial charge on any atom is 0.193 e. The Morgan fingerprint density at radius 3 is 2.79 bits per heavy atom. The molecule has 1 aromatic heterocycles. The predicted octanol–water partition coefficient (Wildman–Crippen LogP) is 3.20. The normalized spacial score (nSPS) is 20.8. The van der Waals surface area contributed by atoms with Crippen molar-refractivity contribution in [3.63, 3.8) is 0 Å². The fourth-order valence-electron chi connectivity index (χ4n) is 4.41. The van der Waals surface area contributed by atoms with Crippen LogP contribution in [0.3, 0.4) is 0 Å². The van der Waals surface area contributed by atoms with Crippen molar-refractivity contribution in [2.24, 2.45) is 10.4 Å². The lowest BCUT2D eigenvalue weighted by Gasteiger charge is -2.33. The Bertz CT molecular complexity index is 542. The number of likely N-dealkylation sites (tertiary alicyclic amines) is 1. The lowest BCUT2D eigenvalue weighted by atomic mass is 9.73. The molecular weight excluding hydrogens is 298 g/mol. The van der Waals surface area contributed by atoms with Crippen LogP contribution in [0.5, 0.6) is 0 Å². The van der Waals surface area contributed by atoms with E-state index in [0.29, 0.717) is 5.41 Å². The summed E-state index contributed by atoms with van der Waals surface area (Å²) in [6, 6.07) is 0. The first-order valence-corrected chi connectivity index (χ1v) is 9.66. The van der Waals surface area contributed by atoms with E-state index in [0.717, 1.165) is 31.3 Å². The quantitative estimate of drug-likeness (QED) is 0.512. The number of rotatable bonds is 5. The van der Waals surface area contributed by atoms with Gasteiger partial charge in [0.15, 0.2) is 5.96 Å². The average molecular weight is 332 g/mol. The summed E-state index contributed by atoms with van der Waals surface area (Å²) >= 11 is 0. The van der Waals surface area contributed by atoms with Crippen molar-refractivity contribution in [1.29, 1.82) is 0 Å². The summed E-state index contributed by atoms with van der Waals surface area (Å²) in [5, 5.41) is 3.58. The van der Waals surface area contributed by atoms with Gasteiger partial charge >= 0.3 is 0 Å². The fourth-order valence-corrected chi connectivity index (χ4v) is 4.41. The van der Waals surface area contributed by atoms with Crippen LogP contribution in [0, 0.1) is 12.3 Å². The summed E-state index contributed by atoms with van der Waals surface area (Å²) in [6.07, 6.45) is 14.8. The zero-order valence-corrected chi connectivity index (χ0v) is 15.4. The van der Waals surface area contributed by atoms with Gasteiger partial charge in [0.2, 0.25) is 0 Å². The van der Waals surface area contributed by atoms with Crippen LogP contribution in [0.25, 0.3) is 0 Å². The van der Waals surface area contributed by atoms with Crippen molar-refractivity contribution in [2.75, 3.05) is 26.7 Å². The van der Waals surface area contributed by atoms with Gasteiger partial charge in [0, 0.05) is 45.6 Å². The molecule has 0 unspecified atom stereocenters. The second-order valence-electron chi connectivity index (χ2n) is 7.58. The van der Waals surface area contributed by atoms with Gasteiger partial charge in [-0.15, -0.1) is 0 Å². The Hall–Kier alpha value is -1.52. The molecule has 5 heteroatoms. The van der Waals surface area contributed by atoms with Crippen LogP contribution in [0.1, 0.15) is 57.2 Å². The van der Waals surface area contributed by atoms with Crippen LogP contribution in [0.15, 0.2) is 17.4 Å². The van der Waals surface area contributed by atoms with E-state index in [1.807, 2.05) is 13.2 Å². The summed E-state index contributed by atoms with van der Waals surface area (Å²) in [7, 11) is 1.92. The highest BCUT2D eigenvalue weighted by Gasteiger charge is 2.39. The van der Waals surface area contributed by atoms with E-state index in [9.17, 15) is 0 Å². The van der Waals surface area contributed by atoms with Gasteiger partial charge in [-0.05, 0) is 44.4 Å². The summed E-state index contributed by atoms with van der Waals surface area (Å²) in [4.78, 5) is 11.3. The van der Waals surface area contributed by atoms with E-state index >= 15 is 0 Å². The van der Waals surface area contributed by atoms with E-state index in [2.05, 4.69) is 37.9 Å². The third-order valence-electron chi connectivity index (χ3n) is 5.90. The Kier molecular flexibility index (Phi) is 5.80. The molecule has 2 heterocycles. The van der Waals surface area contributed by atoms with Crippen LogP contribution in [-0.2, 0) is 6.54 Å². The first-order chi connectivity index (χ1) is 11.7. The third-order valence-corrected chi connectivity index (χ3v) is 5.90. The second-order valence-corrected chi connectivity index (χ2v) is 7.58. The Balaban J connectivity index is 1.38. The van der Waals surface area contributed by atoms with Gasteiger partial charge in [0.1, 0.15) is 5.82 Å². The van der Waals surface area contributed by atoms with Crippen molar-refractivity contribution >= 4 is 5.96 Å². The molecule has 2 fully saturated rings. The van der Waals surface area contributed by atoms with Gasteiger partial charge in [0.05, 0.1) is 0 Å². The molecule has 1 saturated carbocycles. The van der Waals surface area contributed by atoms with Crippen molar-refractivity contribution in [3.8, 4) is 0 Å². The molecule has 0 radical (unpaired) electrons. The van der Waals surface area contributed by atoms with E-state index in [-0.39, 0.29) is 0 Å². The number of aliphatic imine (C=N–C) groups is 1.